The van der Waals surface area contributed by atoms with E-state index >= 15 is 0 Å². The van der Waals surface area contributed by atoms with Gasteiger partial charge < -0.3 is 31.0 Å². The highest BCUT2D eigenvalue weighted by Crippen LogP contribution is 2.57. The van der Waals surface area contributed by atoms with Gasteiger partial charge in [0, 0.05) is 32.8 Å². The third-order valence-electron chi connectivity index (χ3n) is 13.6. The SMILES string of the molecule is CCCCCCCCNC(=O)CC[C@@H](C)[C@H]1CC[C@@H](C)[C@]1(C)[C@H](C[C@H]1C[C@H](OCCCC)CC[C@]1(C)CC[C@H](CC)OCCCN)OCCCN. The number of carbonyl (C=O) groups is 1. The highest BCUT2D eigenvalue weighted by Gasteiger charge is 2.53. The third kappa shape index (κ3) is 15.9. The summed E-state index contributed by atoms with van der Waals surface area (Å²) in [5.74, 6) is 2.33. The molecule has 2 rings (SSSR count). The van der Waals surface area contributed by atoms with Gasteiger partial charge in [-0.05, 0) is 137 Å². The van der Waals surface area contributed by atoms with E-state index in [1.54, 1.807) is 0 Å². The fourth-order valence-electron chi connectivity index (χ4n) is 9.62. The molecule has 0 heterocycles. The van der Waals surface area contributed by atoms with Crippen LogP contribution in [0.15, 0.2) is 0 Å². The maximum atomic E-state index is 12.9. The van der Waals surface area contributed by atoms with Gasteiger partial charge in [-0.1, -0.05) is 87.0 Å². The van der Waals surface area contributed by atoms with E-state index < -0.39 is 0 Å². The first-order valence-corrected chi connectivity index (χ1v) is 22.1. The number of ether oxygens (including phenoxy) is 3. The van der Waals surface area contributed by atoms with Crippen molar-refractivity contribution in [2.45, 2.75) is 202 Å². The van der Waals surface area contributed by atoms with E-state index in [4.69, 9.17) is 25.7 Å². The summed E-state index contributed by atoms with van der Waals surface area (Å²) in [7, 11) is 0. The summed E-state index contributed by atoms with van der Waals surface area (Å²) in [6.45, 7) is 21.3. The third-order valence-corrected chi connectivity index (χ3v) is 13.6. The highest BCUT2D eigenvalue weighted by molar-refractivity contribution is 5.75. The second-order valence-electron chi connectivity index (χ2n) is 17.4. The van der Waals surface area contributed by atoms with Crippen molar-refractivity contribution in [2.24, 2.45) is 46.0 Å². The van der Waals surface area contributed by atoms with Crippen LogP contribution in [0.1, 0.15) is 183 Å². The average molecular weight is 722 g/mol. The lowest BCUT2D eigenvalue weighted by Crippen LogP contribution is -2.48. The first-order chi connectivity index (χ1) is 24.6. The van der Waals surface area contributed by atoms with Crippen LogP contribution in [0.5, 0.6) is 0 Å². The van der Waals surface area contributed by atoms with Gasteiger partial charge in [0.25, 0.3) is 0 Å². The van der Waals surface area contributed by atoms with Gasteiger partial charge in [-0.15, -0.1) is 0 Å². The molecule has 5 N–H and O–H groups in total. The average Bonchev–Trinajstić information content (AvgIpc) is 3.43. The van der Waals surface area contributed by atoms with E-state index in [0.717, 1.165) is 90.6 Å². The van der Waals surface area contributed by atoms with Crippen LogP contribution < -0.4 is 16.8 Å². The van der Waals surface area contributed by atoms with Crippen molar-refractivity contribution in [3.8, 4) is 0 Å². The quantitative estimate of drug-likeness (QED) is 0.0638. The maximum absolute atomic E-state index is 12.9. The molecule has 7 heteroatoms. The summed E-state index contributed by atoms with van der Waals surface area (Å²) in [6, 6.07) is 0. The van der Waals surface area contributed by atoms with Crippen LogP contribution in [0, 0.1) is 34.5 Å². The van der Waals surface area contributed by atoms with Gasteiger partial charge in [-0.25, -0.2) is 0 Å². The second-order valence-corrected chi connectivity index (χ2v) is 17.4. The molecule has 0 saturated heterocycles. The molecule has 1 amide bonds. The Morgan fingerprint density at radius 2 is 1.53 bits per heavy atom. The number of carbonyl (C=O) groups excluding carboxylic acids is 1. The van der Waals surface area contributed by atoms with Crippen LogP contribution in [0.25, 0.3) is 0 Å². The van der Waals surface area contributed by atoms with Crippen molar-refractivity contribution in [3.63, 3.8) is 0 Å². The molecule has 2 aliphatic rings. The number of nitrogens with one attached hydrogen (secondary N) is 1. The van der Waals surface area contributed by atoms with E-state index in [0.29, 0.717) is 55.4 Å². The zero-order valence-corrected chi connectivity index (χ0v) is 34.9. The van der Waals surface area contributed by atoms with Crippen LogP contribution in [0.2, 0.25) is 0 Å². The summed E-state index contributed by atoms with van der Waals surface area (Å²) in [5, 5.41) is 3.23. The molecule has 2 saturated carbocycles. The number of hydrogen-bond donors (Lipinski definition) is 3. The van der Waals surface area contributed by atoms with Crippen LogP contribution in [0.3, 0.4) is 0 Å². The number of unbranched alkanes of at least 4 members (excludes halogenated alkanes) is 6. The number of hydrogen-bond acceptors (Lipinski definition) is 6. The lowest BCUT2D eigenvalue weighted by Gasteiger charge is -2.50. The van der Waals surface area contributed by atoms with Crippen molar-refractivity contribution in [3.05, 3.63) is 0 Å². The molecular weight excluding hydrogens is 635 g/mol. The Bertz CT molecular complexity index is 890. The van der Waals surface area contributed by atoms with E-state index in [9.17, 15) is 4.79 Å². The number of amides is 1. The van der Waals surface area contributed by atoms with Crippen molar-refractivity contribution in [1.29, 1.82) is 0 Å². The van der Waals surface area contributed by atoms with Crippen LogP contribution >= 0.6 is 0 Å². The second kappa shape index (κ2) is 26.1. The first kappa shape index (κ1) is 46.4. The Balaban J connectivity index is 2.21. The Labute approximate surface area is 316 Å². The number of rotatable bonds is 30. The smallest absolute Gasteiger partial charge is 0.220 e. The predicted octanol–water partition coefficient (Wildman–Crippen LogP) is 9.97. The molecule has 7 nitrogen and oxygen atoms in total. The fraction of sp³-hybridized carbons (Fsp3) is 0.977. The molecule has 0 bridgehead atoms. The van der Waals surface area contributed by atoms with Crippen LogP contribution in [-0.2, 0) is 19.0 Å². The van der Waals surface area contributed by atoms with E-state index in [1.165, 1.54) is 64.2 Å². The van der Waals surface area contributed by atoms with Gasteiger partial charge in [-0.2, -0.15) is 0 Å². The van der Waals surface area contributed by atoms with Gasteiger partial charge in [0.2, 0.25) is 5.91 Å². The summed E-state index contributed by atoms with van der Waals surface area (Å²) < 4.78 is 19.9. The van der Waals surface area contributed by atoms with E-state index in [2.05, 4.69) is 53.8 Å². The molecule has 2 fully saturated rings. The largest absolute Gasteiger partial charge is 0.378 e. The summed E-state index contributed by atoms with van der Waals surface area (Å²) >= 11 is 0. The zero-order chi connectivity index (χ0) is 37.5. The molecule has 0 aromatic rings. The van der Waals surface area contributed by atoms with E-state index in [1.807, 2.05) is 0 Å². The molecule has 0 unspecified atom stereocenters. The molecule has 302 valence electrons. The van der Waals surface area contributed by atoms with Gasteiger partial charge in [0.1, 0.15) is 0 Å². The topological polar surface area (TPSA) is 109 Å². The summed E-state index contributed by atoms with van der Waals surface area (Å²) in [5.41, 5.74) is 12.1. The molecule has 0 aromatic carbocycles. The van der Waals surface area contributed by atoms with Crippen LogP contribution in [-0.4, -0.2) is 63.7 Å². The molecule has 9 atom stereocenters. The molecule has 2 aliphatic carbocycles. The Hall–Kier alpha value is -0.730. The molecule has 51 heavy (non-hydrogen) atoms. The molecule has 0 aromatic heterocycles. The lowest BCUT2D eigenvalue weighted by molar-refractivity contribution is -0.123. The van der Waals surface area contributed by atoms with Crippen LogP contribution in [0.4, 0.5) is 0 Å². The minimum Gasteiger partial charge on any atom is -0.378 e. The predicted molar refractivity (Wildman–Crippen MR) is 216 cm³/mol. The minimum atomic E-state index is 0.0528. The summed E-state index contributed by atoms with van der Waals surface area (Å²) in [4.78, 5) is 12.9. The van der Waals surface area contributed by atoms with Gasteiger partial charge in [-0.3, -0.25) is 4.79 Å². The standard InChI is InChI=1S/C44H87N3O4/c1-8-11-13-14-15-16-29-47-42(48)22-19-35(4)40-21-20-36(5)44(40,7)41(51-32-18-28-46)34-37-33-39(50-30-12-9-2)24-26-43(37,6)25-23-38(10-3)49-31-17-27-45/h35-41H,8-34,45-46H2,1-7H3,(H,47,48)/t35-,36-,37-,38+,39-,40-,41+,43+,44+/m1/s1. The molecule has 0 radical (unpaired) electrons. The Morgan fingerprint density at radius 3 is 2.22 bits per heavy atom. The first-order valence-electron chi connectivity index (χ1n) is 22.1. The van der Waals surface area contributed by atoms with Crippen molar-refractivity contribution in [2.75, 3.05) is 39.5 Å². The van der Waals surface area contributed by atoms with Gasteiger partial charge in [0.05, 0.1) is 18.3 Å². The number of nitrogens with two attached hydrogens (primary N) is 2. The summed E-state index contributed by atoms with van der Waals surface area (Å²) in [6.07, 6.45) is 24.3. The van der Waals surface area contributed by atoms with Crippen molar-refractivity contribution < 1.29 is 19.0 Å². The normalized spacial score (nSPS) is 28.5. The lowest BCUT2D eigenvalue weighted by atomic mass is 9.58. The Morgan fingerprint density at radius 1 is 0.843 bits per heavy atom. The van der Waals surface area contributed by atoms with Gasteiger partial charge >= 0.3 is 0 Å². The van der Waals surface area contributed by atoms with E-state index in [-0.39, 0.29) is 22.8 Å². The van der Waals surface area contributed by atoms with Crippen molar-refractivity contribution in [1.82, 2.24) is 5.32 Å². The molecule has 0 aliphatic heterocycles. The molecular formula is C44H87N3O4. The fourth-order valence-corrected chi connectivity index (χ4v) is 9.62. The molecule has 0 spiro atoms. The minimum absolute atomic E-state index is 0.0528. The van der Waals surface area contributed by atoms with Gasteiger partial charge in [0.15, 0.2) is 0 Å². The maximum Gasteiger partial charge on any atom is 0.220 e. The Kier molecular flexibility index (Phi) is 23.8. The van der Waals surface area contributed by atoms with Crippen molar-refractivity contribution >= 4 is 5.91 Å². The zero-order valence-electron chi connectivity index (χ0n) is 34.9. The highest BCUT2D eigenvalue weighted by atomic mass is 16.5. The monoisotopic (exact) mass is 722 g/mol.